The Morgan fingerprint density at radius 1 is 1.21 bits per heavy atom. The molecule has 152 valence electrons. The lowest BCUT2D eigenvalue weighted by Crippen LogP contribution is -2.30. The van der Waals surface area contributed by atoms with Crippen molar-refractivity contribution < 1.29 is 19.1 Å². The number of benzene rings is 2. The number of ether oxygens (including phenoxy) is 1. The van der Waals surface area contributed by atoms with Gasteiger partial charge in [-0.25, -0.2) is 0 Å². The predicted molar refractivity (Wildman–Crippen MR) is 111 cm³/mol. The van der Waals surface area contributed by atoms with Crippen molar-refractivity contribution >= 4 is 40.7 Å². The summed E-state index contributed by atoms with van der Waals surface area (Å²) in [7, 11) is 1.55. The third-order valence-electron chi connectivity index (χ3n) is 4.64. The molecule has 7 nitrogen and oxygen atoms in total. The van der Waals surface area contributed by atoms with Gasteiger partial charge in [-0.1, -0.05) is 29.8 Å². The average molecular weight is 416 g/mol. The van der Waals surface area contributed by atoms with E-state index in [1.165, 1.54) is 0 Å². The van der Waals surface area contributed by atoms with Crippen LogP contribution in [0, 0.1) is 5.92 Å². The minimum Gasteiger partial charge on any atom is -0.383 e. The third-order valence-corrected chi connectivity index (χ3v) is 4.87. The van der Waals surface area contributed by atoms with Crippen LogP contribution in [-0.4, -0.2) is 44.5 Å². The fourth-order valence-electron chi connectivity index (χ4n) is 3.16. The van der Waals surface area contributed by atoms with Crippen LogP contribution in [0.4, 0.5) is 11.4 Å². The number of nitrogens with one attached hydrogen (secondary N) is 2. The van der Waals surface area contributed by atoms with Crippen LogP contribution in [0.5, 0.6) is 0 Å². The molecule has 0 aromatic heterocycles. The largest absolute Gasteiger partial charge is 0.383 e. The van der Waals surface area contributed by atoms with Gasteiger partial charge in [-0.3, -0.25) is 14.4 Å². The summed E-state index contributed by atoms with van der Waals surface area (Å²) >= 11 is 6.01. The molecule has 8 heteroatoms. The average Bonchev–Trinajstić information content (AvgIpc) is 3.10. The number of rotatable bonds is 7. The number of methoxy groups -OCH3 is 1. The number of carbonyl (C=O) groups is 3. The Bertz CT molecular complexity index is 918. The molecule has 2 aromatic rings. The topological polar surface area (TPSA) is 87.7 Å². The molecule has 2 aromatic carbocycles. The lowest BCUT2D eigenvalue weighted by molar-refractivity contribution is -0.122. The molecule has 3 amide bonds. The van der Waals surface area contributed by atoms with Gasteiger partial charge in [-0.15, -0.1) is 0 Å². The minimum atomic E-state index is -0.522. The Morgan fingerprint density at radius 2 is 2.00 bits per heavy atom. The van der Waals surface area contributed by atoms with E-state index in [9.17, 15) is 14.4 Å². The van der Waals surface area contributed by atoms with E-state index in [1.54, 1.807) is 60.5 Å². The van der Waals surface area contributed by atoms with E-state index < -0.39 is 5.92 Å². The summed E-state index contributed by atoms with van der Waals surface area (Å²) in [6, 6.07) is 13.7. The molecule has 0 aliphatic carbocycles. The fraction of sp³-hybridized carbons (Fsp3) is 0.286. The number of nitrogens with zero attached hydrogens (tertiary/aromatic N) is 1. The molecule has 1 aliphatic heterocycles. The molecule has 0 radical (unpaired) electrons. The molecule has 1 atom stereocenters. The molecule has 1 fully saturated rings. The monoisotopic (exact) mass is 415 g/mol. The van der Waals surface area contributed by atoms with Gasteiger partial charge in [0.25, 0.3) is 5.91 Å². The molecule has 0 saturated carbocycles. The molecule has 0 spiro atoms. The van der Waals surface area contributed by atoms with E-state index >= 15 is 0 Å². The first-order valence-corrected chi connectivity index (χ1v) is 9.60. The van der Waals surface area contributed by atoms with Crippen LogP contribution in [-0.2, 0) is 14.3 Å². The Balaban J connectivity index is 1.68. The van der Waals surface area contributed by atoms with E-state index in [-0.39, 0.29) is 30.7 Å². The molecular weight excluding hydrogens is 394 g/mol. The molecule has 0 bridgehead atoms. The van der Waals surface area contributed by atoms with E-state index in [0.717, 1.165) is 0 Å². The zero-order chi connectivity index (χ0) is 20.8. The van der Waals surface area contributed by atoms with Crippen LogP contribution in [0.1, 0.15) is 16.8 Å². The minimum absolute atomic E-state index is 0.0978. The van der Waals surface area contributed by atoms with Crippen molar-refractivity contribution in [1.29, 1.82) is 0 Å². The van der Waals surface area contributed by atoms with Gasteiger partial charge in [0.1, 0.15) is 0 Å². The summed E-state index contributed by atoms with van der Waals surface area (Å²) in [4.78, 5) is 39.1. The highest BCUT2D eigenvalue weighted by Crippen LogP contribution is 2.28. The van der Waals surface area contributed by atoms with E-state index in [2.05, 4.69) is 10.6 Å². The molecule has 0 unspecified atom stereocenters. The van der Waals surface area contributed by atoms with Gasteiger partial charge in [0.2, 0.25) is 11.8 Å². The molecule has 1 heterocycles. The highest BCUT2D eigenvalue weighted by Gasteiger charge is 2.35. The highest BCUT2D eigenvalue weighted by molar-refractivity contribution is 6.31. The van der Waals surface area contributed by atoms with Gasteiger partial charge in [-0.2, -0.15) is 0 Å². The van der Waals surface area contributed by atoms with E-state index in [1.807, 2.05) is 0 Å². The highest BCUT2D eigenvalue weighted by atomic mass is 35.5. The second-order valence-corrected chi connectivity index (χ2v) is 7.11. The van der Waals surface area contributed by atoms with Gasteiger partial charge >= 0.3 is 0 Å². The van der Waals surface area contributed by atoms with Crippen LogP contribution in [0.3, 0.4) is 0 Å². The molecule has 3 rings (SSSR count). The van der Waals surface area contributed by atoms with Crippen LogP contribution >= 0.6 is 11.6 Å². The first kappa shape index (κ1) is 20.8. The molecule has 29 heavy (non-hydrogen) atoms. The van der Waals surface area contributed by atoms with Crippen molar-refractivity contribution in [3.8, 4) is 0 Å². The maximum atomic E-state index is 12.8. The maximum Gasteiger partial charge on any atom is 0.253 e. The van der Waals surface area contributed by atoms with Gasteiger partial charge in [0.15, 0.2) is 0 Å². The summed E-state index contributed by atoms with van der Waals surface area (Å²) in [5, 5.41) is 6.05. The van der Waals surface area contributed by atoms with Crippen molar-refractivity contribution in [3.05, 3.63) is 59.1 Å². The molecular formula is C21H22ClN3O4. The standard InChI is InChI=1S/C21H22ClN3O4/c1-29-10-9-23-21(28)17-7-2-3-8-18(17)24-20(27)14-11-19(26)25(13-14)16-6-4-5-15(22)12-16/h2-8,12,14H,9-11,13H2,1H3,(H,23,28)(H,24,27)/t14-/m1/s1. The number of para-hydroxylation sites is 1. The zero-order valence-electron chi connectivity index (χ0n) is 16.0. The van der Waals surface area contributed by atoms with Gasteiger partial charge < -0.3 is 20.3 Å². The Morgan fingerprint density at radius 3 is 2.76 bits per heavy atom. The quantitative estimate of drug-likeness (QED) is 0.680. The predicted octanol–water partition coefficient (Wildman–Crippen LogP) is 2.71. The number of hydrogen-bond donors (Lipinski definition) is 2. The summed E-state index contributed by atoms with van der Waals surface area (Å²) in [5.41, 5.74) is 1.42. The Hall–Kier alpha value is -2.90. The van der Waals surface area contributed by atoms with Crippen molar-refractivity contribution in [2.45, 2.75) is 6.42 Å². The Kier molecular flexibility index (Phi) is 6.85. The molecule has 1 aliphatic rings. The van der Waals surface area contributed by atoms with Crippen molar-refractivity contribution in [2.24, 2.45) is 5.92 Å². The number of amides is 3. The summed E-state index contributed by atoms with van der Waals surface area (Å²) in [6.45, 7) is 1.01. The SMILES string of the molecule is COCCNC(=O)c1ccccc1NC(=O)[C@@H]1CC(=O)N(c2cccc(Cl)c2)C1. The number of hydrogen-bond acceptors (Lipinski definition) is 4. The Labute approximate surface area is 174 Å². The normalized spacial score (nSPS) is 16.0. The second-order valence-electron chi connectivity index (χ2n) is 6.67. The number of carbonyl (C=O) groups excluding carboxylic acids is 3. The van der Waals surface area contributed by atoms with Crippen molar-refractivity contribution in [1.82, 2.24) is 5.32 Å². The van der Waals surface area contributed by atoms with E-state index in [0.29, 0.717) is 35.1 Å². The smallest absolute Gasteiger partial charge is 0.253 e. The van der Waals surface area contributed by atoms with Gasteiger partial charge in [-0.05, 0) is 30.3 Å². The molecule has 2 N–H and O–H groups in total. The van der Waals surface area contributed by atoms with Crippen LogP contribution in [0.2, 0.25) is 5.02 Å². The molecule has 1 saturated heterocycles. The van der Waals surface area contributed by atoms with Crippen LogP contribution in [0.15, 0.2) is 48.5 Å². The summed E-state index contributed by atoms with van der Waals surface area (Å²) in [5.74, 6) is -1.27. The van der Waals surface area contributed by atoms with Gasteiger partial charge in [0, 0.05) is 37.3 Å². The van der Waals surface area contributed by atoms with E-state index in [4.69, 9.17) is 16.3 Å². The van der Waals surface area contributed by atoms with Crippen molar-refractivity contribution in [2.75, 3.05) is 37.0 Å². The van der Waals surface area contributed by atoms with Crippen molar-refractivity contribution in [3.63, 3.8) is 0 Å². The lowest BCUT2D eigenvalue weighted by atomic mass is 10.1. The second kappa shape index (κ2) is 9.54. The maximum absolute atomic E-state index is 12.8. The van der Waals surface area contributed by atoms with Crippen LogP contribution < -0.4 is 15.5 Å². The van der Waals surface area contributed by atoms with Gasteiger partial charge in [0.05, 0.1) is 23.8 Å². The van der Waals surface area contributed by atoms with Crippen LogP contribution in [0.25, 0.3) is 0 Å². The number of anilines is 2. The zero-order valence-corrected chi connectivity index (χ0v) is 16.7. The first-order valence-electron chi connectivity index (χ1n) is 9.22. The number of halogens is 1. The fourth-order valence-corrected chi connectivity index (χ4v) is 3.35. The first-order chi connectivity index (χ1) is 14.0. The third kappa shape index (κ3) is 5.13. The lowest BCUT2D eigenvalue weighted by Gasteiger charge is -2.17. The summed E-state index contributed by atoms with van der Waals surface area (Å²) in [6.07, 6.45) is 0.0978. The summed E-state index contributed by atoms with van der Waals surface area (Å²) < 4.78 is 4.93.